The number of ether oxygens (including phenoxy) is 1. The lowest BCUT2D eigenvalue weighted by molar-refractivity contribution is -0.149. The van der Waals surface area contributed by atoms with Crippen molar-refractivity contribution in [2.45, 2.75) is 6.10 Å². The monoisotopic (exact) mass is 238 g/mol. The van der Waals surface area contributed by atoms with Gasteiger partial charge in [0.1, 0.15) is 18.5 Å². The molecule has 1 aromatic rings. The van der Waals surface area contributed by atoms with Crippen molar-refractivity contribution in [3.63, 3.8) is 0 Å². The quantitative estimate of drug-likeness (QED) is 0.842. The molecule has 5 heteroatoms. The van der Waals surface area contributed by atoms with Crippen LogP contribution >= 0.6 is 0 Å². The number of amides is 1. The maximum Gasteiger partial charge on any atom is 0.248 e. The Balaban J connectivity index is 2.07. The molecule has 92 valence electrons. The molecule has 1 heterocycles. The molecule has 0 saturated carbocycles. The van der Waals surface area contributed by atoms with Crippen LogP contribution in [0.4, 0.5) is 4.39 Å². The highest BCUT2D eigenvalue weighted by Crippen LogP contribution is 2.22. The van der Waals surface area contributed by atoms with Gasteiger partial charge in [-0.25, -0.2) is 4.39 Å². The first-order chi connectivity index (χ1) is 8.20. The average Bonchev–Trinajstić information content (AvgIpc) is 2.33. The fourth-order valence-corrected chi connectivity index (χ4v) is 1.87. The lowest BCUT2D eigenvalue weighted by Crippen LogP contribution is -2.45. The number of carbonyl (C=O) groups excluding carboxylic acids is 1. The first-order valence-corrected chi connectivity index (χ1v) is 5.55. The molecule has 0 bridgehead atoms. The van der Waals surface area contributed by atoms with Crippen LogP contribution in [0, 0.1) is 5.82 Å². The maximum atomic E-state index is 12.8. The van der Waals surface area contributed by atoms with Gasteiger partial charge in [-0.2, -0.15) is 0 Å². The summed E-state index contributed by atoms with van der Waals surface area (Å²) in [5, 5.41) is 0. The van der Waals surface area contributed by atoms with Gasteiger partial charge in [0, 0.05) is 13.1 Å². The molecular weight excluding hydrogens is 223 g/mol. The molecule has 2 N–H and O–H groups in total. The van der Waals surface area contributed by atoms with Crippen LogP contribution in [0.2, 0.25) is 0 Å². The molecule has 17 heavy (non-hydrogen) atoms. The third-order valence-electron chi connectivity index (χ3n) is 2.79. The second-order valence-corrected chi connectivity index (χ2v) is 3.98. The van der Waals surface area contributed by atoms with E-state index >= 15 is 0 Å². The highest BCUT2D eigenvalue weighted by Gasteiger charge is 2.26. The average molecular weight is 238 g/mol. The van der Waals surface area contributed by atoms with Gasteiger partial charge < -0.3 is 15.4 Å². The van der Waals surface area contributed by atoms with E-state index in [9.17, 15) is 9.18 Å². The van der Waals surface area contributed by atoms with Crippen LogP contribution in [0.25, 0.3) is 0 Å². The number of benzene rings is 1. The van der Waals surface area contributed by atoms with Crippen molar-refractivity contribution < 1.29 is 13.9 Å². The van der Waals surface area contributed by atoms with E-state index in [1.807, 2.05) is 0 Å². The van der Waals surface area contributed by atoms with E-state index in [1.54, 1.807) is 17.0 Å². The van der Waals surface area contributed by atoms with E-state index in [2.05, 4.69) is 0 Å². The van der Waals surface area contributed by atoms with Crippen molar-refractivity contribution in [3.8, 4) is 0 Å². The first kappa shape index (κ1) is 12.0. The van der Waals surface area contributed by atoms with Crippen LogP contribution in [-0.2, 0) is 9.53 Å². The summed E-state index contributed by atoms with van der Waals surface area (Å²) in [4.78, 5) is 13.2. The fourth-order valence-electron chi connectivity index (χ4n) is 1.87. The van der Waals surface area contributed by atoms with Gasteiger partial charge in [0.05, 0.1) is 6.54 Å². The zero-order valence-corrected chi connectivity index (χ0v) is 9.43. The van der Waals surface area contributed by atoms with Gasteiger partial charge >= 0.3 is 0 Å². The smallest absolute Gasteiger partial charge is 0.248 e. The third-order valence-corrected chi connectivity index (χ3v) is 2.79. The zero-order chi connectivity index (χ0) is 12.3. The summed E-state index contributed by atoms with van der Waals surface area (Å²) in [6.07, 6.45) is -0.195. The summed E-state index contributed by atoms with van der Waals surface area (Å²) in [5.74, 6) is -0.326. The predicted molar refractivity (Wildman–Crippen MR) is 60.7 cm³/mol. The number of carbonyl (C=O) groups is 1. The van der Waals surface area contributed by atoms with Gasteiger partial charge in [-0.3, -0.25) is 4.79 Å². The molecule has 1 atom stereocenters. The van der Waals surface area contributed by atoms with E-state index in [0.717, 1.165) is 5.56 Å². The standard InChI is InChI=1S/C12H15FN2O2/c13-10-3-1-9(2-4-10)11-7-15(6-5-14)12(16)8-17-11/h1-4,11H,5-8,14H2. The predicted octanol–water partition coefficient (Wildman–Crippen LogP) is 0.684. The highest BCUT2D eigenvalue weighted by molar-refractivity contribution is 5.78. The number of halogens is 1. The summed E-state index contributed by atoms with van der Waals surface area (Å²) in [6.45, 7) is 1.49. The molecule has 2 rings (SSSR count). The van der Waals surface area contributed by atoms with Crippen LogP contribution in [0.3, 0.4) is 0 Å². The van der Waals surface area contributed by atoms with Gasteiger partial charge in [-0.15, -0.1) is 0 Å². The number of nitrogens with two attached hydrogens (primary N) is 1. The Morgan fingerprint density at radius 2 is 2.12 bits per heavy atom. The maximum absolute atomic E-state index is 12.8. The minimum atomic E-state index is -0.278. The van der Waals surface area contributed by atoms with Crippen LogP contribution < -0.4 is 5.73 Å². The second-order valence-electron chi connectivity index (χ2n) is 3.98. The van der Waals surface area contributed by atoms with Crippen molar-refractivity contribution in [1.82, 2.24) is 4.90 Å². The molecule has 1 aliphatic heterocycles. The van der Waals surface area contributed by atoms with E-state index < -0.39 is 0 Å². The molecule has 1 saturated heterocycles. The SMILES string of the molecule is NCCN1CC(c2ccc(F)cc2)OCC1=O. The van der Waals surface area contributed by atoms with Crippen molar-refractivity contribution in [2.75, 3.05) is 26.2 Å². The minimum absolute atomic E-state index is 0.0474. The lowest BCUT2D eigenvalue weighted by atomic mass is 10.1. The number of hydrogen-bond acceptors (Lipinski definition) is 3. The Hall–Kier alpha value is -1.46. The molecule has 4 nitrogen and oxygen atoms in total. The van der Waals surface area contributed by atoms with E-state index in [1.165, 1.54) is 12.1 Å². The Bertz CT molecular complexity index is 394. The summed E-state index contributed by atoms with van der Waals surface area (Å²) in [7, 11) is 0. The summed E-state index contributed by atoms with van der Waals surface area (Å²) < 4.78 is 18.2. The van der Waals surface area contributed by atoms with Crippen LogP contribution in [0.15, 0.2) is 24.3 Å². The molecule has 1 unspecified atom stereocenters. The number of nitrogens with zero attached hydrogens (tertiary/aromatic N) is 1. The minimum Gasteiger partial charge on any atom is -0.362 e. The zero-order valence-electron chi connectivity index (χ0n) is 9.43. The normalized spacial score (nSPS) is 20.7. The molecule has 0 aromatic heterocycles. The van der Waals surface area contributed by atoms with E-state index in [4.69, 9.17) is 10.5 Å². The molecule has 1 aliphatic rings. The fraction of sp³-hybridized carbons (Fsp3) is 0.417. The van der Waals surface area contributed by atoms with Crippen LogP contribution in [0.1, 0.15) is 11.7 Å². The number of morpholine rings is 1. The first-order valence-electron chi connectivity index (χ1n) is 5.55. The van der Waals surface area contributed by atoms with Crippen molar-refractivity contribution in [2.24, 2.45) is 5.73 Å². The van der Waals surface area contributed by atoms with Gasteiger partial charge in [0.15, 0.2) is 0 Å². The Labute approximate surface area is 99.2 Å². The second kappa shape index (κ2) is 5.25. The van der Waals surface area contributed by atoms with Gasteiger partial charge in [0.2, 0.25) is 5.91 Å². The summed E-state index contributed by atoms with van der Waals surface area (Å²) in [5.41, 5.74) is 6.32. The van der Waals surface area contributed by atoms with Crippen molar-refractivity contribution >= 4 is 5.91 Å². The number of rotatable bonds is 3. The highest BCUT2D eigenvalue weighted by atomic mass is 19.1. The Morgan fingerprint density at radius 1 is 1.41 bits per heavy atom. The molecule has 0 spiro atoms. The molecule has 1 fully saturated rings. The molecule has 0 radical (unpaired) electrons. The topological polar surface area (TPSA) is 55.6 Å². The van der Waals surface area contributed by atoms with Gasteiger partial charge in [-0.1, -0.05) is 12.1 Å². The van der Waals surface area contributed by atoms with Crippen LogP contribution in [-0.4, -0.2) is 37.0 Å². The van der Waals surface area contributed by atoms with Crippen molar-refractivity contribution in [3.05, 3.63) is 35.6 Å². The molecule has 1 amide bonds. The Morgan fingerprint density at radius 3 is 2.76 bits per heavy atom. The molecule has 0 aliphatic carbocycles. The van der Waals surface area contributed by atoms with E-state index in [-0.39, 0.29) is 24.4 Å². The third kappa shape index (κ3) is 2.81. The van der Waals surface area contributed by atoms with Gasteiger partial charge in [-0.05, 0) is 17.7 Å². The molecule has 1 aromatic carbocycles. The van der Waals surface area contributed by atoms with Crippen LogP contribution in [0.5, 0.6) is 0 Å². The number of hydrogen-bond donors (Lipinski definition) is 1. The van der Waals surface area contributed by atoms with Crippen molar-refractivity contribution in [1.29, 1.82) is 0 Å². The summed E-state index contributed by atoms with van der Waals surface area (Å²) in [6, 6.07) is 6.14. The van der Waals surface area contributed by atoms with E-state index in [0.29, 0.717) is 19.6 Å². The molecular formula is C12H15FN2O2. The Kier molecular flexibility index (Phi) is 3.71. The van der Waals surface area contributed by atoms with Gasteiger partial charge in [0.25, 0.3) is 0 Å². The summed E-state index contributed by atoms with van der Waals surface area (Å²) >= 11 is 0. The lowest BCUT2D eigenvalue weighted by Gasteiger charge is -2.32. The largest absolute Gasteiger partial charge is 0.362 e.